The monoisotopic (exact) mass is 466 g/mol. The predicted molar refractivity (Wildman–Crippen MR) is 128 cm³/mol. The maximum Gasteiger partial charge on any atom is 0.337 e. The van der Waals surface area contributed by atoms with Crippen LogP contribution in [0.3, 0.4) is 0 Å². The summed E-state index contributed by atoms with van der Waals surface area (Å²) in [7, 11) is 1.38. The summed E-state index contributed by atoms with van der Waals surface area (Å²) in [6.45, 7) is 5.43. The van der Waals surface area contributed by atoms with Gasteiger partial charge in [-0.15, -0.1) is 0 Å². The van der Waals surface area contributed by atoms with Crippen LogP contribution >= 0.6 is 0 Å². The number of amides is 1. The molecular formula is C26H34N4O4. The third-order valence-electron chi connectivity index (χ3n) is 6.76. The predicted octanol–water partition coefficient (Wildman–Crippen LogP) is 2.41. The summed E-state index contributed by atoms with van der Waals surface area (Å²) in [5.74, 6) is -0.0802. The smallest absolute Gasteiger partial charge is 0.337 e. The quantitative estimate of drug-likeness (QED) is 0.425. The Morgan fingerprint density at radius 1 is 1.18 bits per heavy atom. The fourth-order valence-corrected chi connectivity index (χ4v) is 4.81. The average molecular weight is 467 g/mol. The number of nitrogens with one attached hydrogen (secondary N) is 1. The molecule has 2 saturated heterocycles. The first-order valence-corrected chi connectivity index (χ1v) is 12.0. The van der Waals surface area contributed by atoms with E-state index in [4.69, 9.17) is 9.47 Å². The van der Waals surface area contributed by atoms with Crippen molar-refractivity contribution in [1.29, 1.82) is 0 Å². The Morgan fingerprint density at radius 2 is 1.91 bits per heavy atom. The van der Waals surface area contributed by atoms with Gasteiger partial charge in [-0.2, -0.15) is 0 Å². The topological polar surface area (TPSA) is 84.0 Å². The minimum atomic E-state index is -0.326. The first-order valence-electron chi connectivity index (χ1n) is 12.0. The second-order valence-corrected chi connectivity index (χ2v) is 8.84. The third-order valence-corrected chi connectivity index (χ3v) is 6.76. The number of carbonyl (C=O) groups excluding carboxylic acids is 2. The van der Waals surface area contributed by atoms with Crippen molar-refractivity contribution in [2.75, 3.05) is 46.5 Å². The first-order chi connectivity index (χ1) is 16.7. The second kappa shape index (κ2) is 12.1. The van der Waals surface area contributed by atoms with Gasteiger partial charge in [0.1, 0.15) is 0 Å². The zero-order valence-electron chi connectivity index (χ0n) is 19.8. The SMILES string of the molecule is COC(=O)c1ccc(CNCC[C@H]2CCC(=O)N2C[C@H](c2ccncc2)N2CCOCC2)cc1. The lowest BCUT2D eigenvalue weighted by Gasteiger charge is -2.38. The molecule has 182 valence electrons. The summed E-state index contributed by atoms with van der Waals surface area (Å²) in [6, 6.07) is 11.9. The number of morpholine rings is 1. The minimum Gasteiger partial charge on any atom is -0.465 e. The van der Waals surface area contributed by atoms with Gasteiger partial charge in [-0.25, -0.2) is 4.79 Å². The summed E-state index contributed by atoms with van der Waals surface area (Å²) in [4.78, 5) is 33.1. The summed E-state index contributed by atoms with van der Waals surface area (Å²) < 4.78 is 10.3. The van der Waals surface area contributed by atoms with E-state index in [0.717, 1.165) is 57.8 Å². The maximum atomic E-state index is 12.8. The molecule has 1 amide bonds. The van der Waals surface area contributed by atoms with Crippen LogP contribution in [0.25, 0.3) is 0 Å². The highest BCUT2D eigenvalue weighted by molar-refractivity contribution is 5.89. The molecule has 0 radical (unpaired) electrons. The Kier molecular flexibility index (Phi) is 8.62. The lowest BCUT2D eigenvalue weighted by Crippen LogP contribution is -2.46. The van der Waals surface area contributed by atoms with Gasteiger partial charge in [0.15, 0.2) is 0 Å². The Bertz CT molecular complexity index is 932. The number of hydrogen-bond acceptors (Lipinski definition) is 7. The highest BCUT2D eigenvalue weighted by Gasteiger charge is 2.34. The van der Waals surface area contributed by atoms with Crippen LogP contribution in [0.15, 0.2) is 48.8 Å². The van der Waals surface area contributed by atoms with E-state index in [2.05, 4.69) is 32.2 Å². The first kappa shape index (κ1) is 24.3. The molecule has 2 aliphatic rings. The van der Waals surface area contributed by atoms with Crippen LogP contribution in [0.4, 0.5) is 0 Å². The molecule has 2 aromatic rings. The van der Waals surface area contributed by atoms with Crippen molar-refractivity contribution in [3.63, 3.8) is 0 Å². The van der Waals surface area contributed by atoms with Crippen LogP contribution in [0.2, 0.25) is 0 Å². The summed E-state index contributed by atoms with van der Waals surface area (Å²) in [5, 5.41) is 3.49. The van der Waals surface area contributed by atoms with E-state index in [1.807, 2.05) is 24.5 Å². The number of carbonyl (C=O) groups is 2. The fourth-order valence-electron chi connectivity index (χ4n) is 4.81. The van der Waals surface area contributed by atoms with E-state index < -0.39 is 0 Å². The second-order valence-electron chi connectivity index (χ2n) is 8.84. The number of rotatable bonds is 10. The fraction of sp³-hybridized carbons (Fsp3) is 0.500. The van der Waals surface area contributed by atoms with Crippen LogP contribution in [-0.4, -0.2) is 79.2 Å². The molecule has 1 aromatic heterocycles. The molecule has 0 saturated carbocycles. The number of esters is 1. The van der Waals surface area contributed by atoms with Crippen LogP contribution in [-0.2, 0) is 20.8 Å². The van der Waals surface area contributed by atoms with Crippen molar-refractivity contribution >= 4 is 11.9 Å². The normalized spacial score (nSPS) is 19.9. The molecule has 1 aromatic carbocycles. The summed E-state index contributed by atoms with van der Waals surface area (Å²) in [5.41, 5.74) is 2.86. The van der Waals surface area contributed by atoms with E-state index in [-0.39, 0.29) is 24.0 Å². The van der Waals surface area contributed by atoms with Gasteiger partial charge in [-0.3, -0.25) is 14.7 Å². The van der Waals surface area contributed by atoms with E-state index in [9.17, 15) is 9.59 Å². The molecule has 0 bridgehead atoms. The number of aromatic nitrogens is 1. The highest BCUT2D eigenvalue weighted by Crippen LogP contribution is 2.28. The van der Waals surface area contributed by atoms with Crippen molar-refractivity contribution in [3.8, 4) is 0 Å². The van der Waals surface area contributed by atoms with E-state index in [1.54, 1.807) is 12.1 Å². The Labute approximate surface area is 201 Å². The molecule has 8 nitrogen and oxygen atoms in total. The third kappa shape index (κ3) is 6.20. The number of pyridine rings is 1. The van der Waals surface area contributed by atoms with Gasteiger partial charge < -0.3 is 19.7 Å². The molecule has 0 spiro atoms. The molecule has 2 fully saturated rings. The van der Waals surface area contributed by atoms with Crippen molar-refractivity contribution in [2.24, 2.45) is 0 Å². The van der Waals surface area contributed by atoms with E-state index in [0.29, 0.717) is 18.5 Å². The lowest BCUT2D eigenvalue weighted by molar-refractivity contribution is -0.130. The van der Waals surface area contributed by atoms with Gasteiger partial charge in [0.25, 0.3) is 0 Å². The lowest BCUT2D eigenvalue weighted by atomic mass is 10.0. The van der Waals surface area contributed by atoms with Crippen LogP contribution in [0, 0.1) is 0 Å². The Morgan fingerprint density at radius 3 is 2.62 bits per heavy atom. The van der Waals surface area contributed by atoms with Crippen molar-refractivity contribution in [2.45, 2.75) is 37.9 Å². The van der Waals surface area contributed by atoms with Crippen molar-refractivity contribution < 1.29 is 19.1 Å². The van der Waals surface area contributed by atoms with Gasteiger partial charge in [0.2, 0.25) is 5.91 Å². The van der Waals surface area contributed by atoms with Gasteiger partial charge in [-0.1, -0.05) is 12.1 Å². The molecule has 0 aliphatic carbocycles. The van der Waals surface area contributed by atoms with Gasteiger partial charge in [-0.05, 0) is 54.8 Å². The molecule has 1 N–H and O–H groups in total. The molecule has 0 unspecified atom stereocenters. The molecule has 2 aliphatic heterocycles. The maximum absolute atomic E-state index is 12.8. The van der Waals surface area contributed by atoms with E-state index >= 15 is 0 Å². The molecular weight excluding hydrogens is 432 g/mol. The molecule has 3 heterocycles. The largest absolute Gasteiger partial charge is 0.465 e. The van der Waals surface area contributed by atoms with Crippen molar-refractivity contribution in [3.05, 3.63) is 65.5 Å². The number of nitrogens with zero attached hydrogens (tertiary/aromatic N) is 3. The number of hydrogen-bond donors (Lipinski definition) is 1. The summed E-state index contributed by atoms with van der Waals surface area (Å²) >= 11 is 0. The average Bonchev–Trinajstić information content (AvgIpc) is 3.24. The Hall–Kier alpha value is -2.81. The van der Waals surface area contributed by atoms with Gasteiger partial charge in [0, 0.05) is 51.0 Å². The molecule has 2 atom stereocenters. The highest BCUT2D eigenvalue weighted by atomic mass is 16.5. The van der Waals surface area contributed by atoms with E-state index in [1.165, 1.54) is 12.7 Å². The van der Waals surface area contributed by atoms with Crippen LogP contribution in [0.1, 0.15) is 46.8 Å². The zero-order chi connectivity index (χ0) is 23.8. The number of likely N-dealkylation sites (tertiary alicyclic amines) is 1. The zero-order valence-corrected chi connectivity index (χ0v) is 19.8. The number of benzene rings is 1. The van der Waals surface area contributed by atoms with Crippen molar-refractivity contribution in [1.82, 2.24) is 20.1 Å². The number of methoxy groups -OCH3 is 1. The van der Waals surface area contributed by atoms with Crippen LogP contribution in [0.5, 0.6) is 0 Å². The standard InChI is InChI=1S/C26H34N4O4/c1-33-26(32)22-4-2-20(3-5-22)18-28-13-10-23-6-7-25(31)30(23)19-24(21-8-11-27-12-9-21)29-14-16-34-17-15-29/h2-5,8-9,11-12,23-24,28H,6-7,10,13-19H2,1H3/t23-,24-/m1/s1. The molecule has 34 heavy (non-hydrogen) atoms. The minimum absolute atomic E-state index is 0.151. The van der Waals surface area contributed by atoms with Gasteiger partial charge >= 0.3 is 5.97 Å². The molecule has 8 heteroatoms. The number of ether oxygens (including phenoxy) is 2. The Balaban J connectivity index is 1.32. The van der Waals surface area contributed by atoms with Crippen LogP contribution < -0.4 is 5.32 Å². The molecule has 4 rings (SSSR count). The summed E-state index contributed by atoms with van der Waals surface area (Å²) in [6.07, 6.45) is 6.09. The van der Waals surface area contributed by atoms with Gasteiger partial charge in [0.05, 0.1) is 31.9 Å².